The SMILES string of the molecule is Cc1ccc(-c2ncc3c(n2)CN(Cc2cccnc2)CC3)cc1. The van der Waals surface area contributed by atoms with Gasteiger partial charge in [-0.25, -0.2) is 9.97 Å². The molecule has 4 nitrogen and oxygen atoms in total. The Balaban J connectivity index is 1.56. The van der Waals surface area contributed by atoms with Gasteiger partial charge in [-0.3, -0.25) is 9.88 Å². The average Bonchev–Trinajstić information content (AvgIpc) is 2.63. The predicted octanol–water partition coefficient (Wildman–Crippen LogP) is 3.41. The summed E-state index contributed by atoms with van der Waals surface area (Å²) in [5.74, 6) is 0.817. The van der Waals surface area contributed by atoms with Gasteiger partial charge in [-0.1, -0.05) is 35.9 Å². The maximum atomic E-state index is 4.84. The van der Waals surface area contributed by atoms with Crippen molar-refractivity contribution in [2.75, 3.05) is 6.54 Å². The van der Waals surface area contributed by atoms with Crippen molar-refractivity contribution < 1.29 is 0 Å². The number of aryl methyl sites for hydroxylation is 1. The third-order valence-corrected chi connectivity index (χ3v) is 4.46. The summed E-state index contributed by atoms with van der Waals surface area (Å²) < 4.78 is 0. The van der Waals surface area contributed by atoms with Gasteiger partial charge >= 0.3 is 0 Å². The third-order valence-electron chi connectivity index (χ3n) is 4.46. The number of rotatable bonds is 3. The molecule has 3 aromatic rings. The molecule has 120 valence electrons. The Morgan fingerprint density at radius 3 is 2.75 bits per heavy atom. The Morgan fingerprint density at radius 2 is 1.96 bits per heavy atom. The van der Waals surface area contributed by atoms with Crippen molar-refractivity contribution in [3.8, 4) is 11.4 Å². The molecule has 0 aliphatic carbocycles. The minimum Gasteiger partial charge on any atom is -0.293 e. The maximum absolute atomic E-state index is 4.84. The molecule has 1 aromatic carbocycles. The van der Waals surface area contributed by atoms with Crippen LogP contribution < -0.4 is 0 Å². The Kier molecular flexibility index (Phi) is 4.05. The molecule has 0 unspecified atom stereocenters. The summed E-state index contributed by atoms with van der Waals surface area (Å²) in [4.78, 5) is 16.0. The van der Waals surface area contributed by atoms with Crippen LogP contribution in [-0.4, -0.2) is 26.4 Å². The fourth-order valence-electron chi connectivity index (χ4n) is 3.08. The van der Waals surface area contributed by atoms with E-state index >= 15 is 0 Å². The summed E-state index contributed by atoms with van der Waals surface area (Å²) in [6.07, 6.45) is 6.76. The first-order valence-electron chi connectivity index (χ1n) is 8.31. The van der Waals surface area contributed by atoms with Gasteiger partial charge in [-0.2, -0.15) is 0 Å². The van der Waals surface area contributed by atoms with E-state index in [1.807, 2.05) is 24.7 Å². The highest BCUT2D eigenvalue weighted by Crippen LogP contribution is 2.22. The molecule has 0 atom stereocenters. The van der Waals surface area contributed by atoms with Gasteiger partial charge in [0.15, 0.2) is 5.82 Å². The Hall–Kier alpha value is -2.59. The van der Waals surface area contributed by atoms with Crippen molar-refractivity contribution in [1.29, 1.82) is 0 Å². The first-order chi connectivity index (χ1) is 11.8. The van der Waals surface area contributed by atoms with Gasteiger partial charge in [0.1, 0.15) is 0 Å². The van der Waals surface area contributed by atoms with Crippen LogP contribution in [0.3, 0.4) is 0 Å². The molecule has 1 aliphatic rings. The molecule has 2 aromatic heterocycles. The van der Waals surface area contributed by atoms with E-state index in [0.717, 1.165) is 43.1 Å². The average molecular weight is 316 g/mol. The largest absolute Gasteiger partial charge is 0.293 e. The molecule has 1 aliphatic heterocycles. The zero-order valence-corrected chi connectivity index (χ0v) is 13.8. The van der Waals surface area contributed by atoms with Gasteiger partial charge < -0.3 is 0 Å². The second kappa shape index (κ2) is 6.49. The number of hydrogen-bond acceptors (Lipinski definition) is 4. The van der Waals surface area contributed by atoms with Crippen LogP contribution in [0.4, 0.5) is 0 Å². The van der Waals surface area contributed by atoms with Crippen LogP contribution in [0.1, 0.15) is 22.4 Å². The van der Waals surface area contributed by atoms with Gasteiger partial charge in [-0.15, -0.1) is 0 Å². The lowest BCUT2D eigenvalue weighted by Crippen LogP contribution is -2.31. The summed E-state index contributed by atoms with van der Waals surface area (Å²) >= 11 is 0. The van der Waals surface area contributed by atoms with E-state index in [0.29, 0.717) is 0 Å². The van der Waals surface area contributed by atoms with E-state index < -0.39 is 0 Å². The number of nitrogens with zero attached hydrogens (tertiary/aromatic N) is 4. The molecule has 0 fully saturated rings. The fraction of sp³-hybridized carbons (Fsp3) is 0.250. The van der Waals surface area contributed by atoms with Crippen LogP contribution in [0.15, 0.2) is 55.0 Å². The summed E-state index contributed by atoms with van der Waals surface area (Å²) in [6, 6.07) is 12.5. The lowest BCUT2D eigenvalue weighted by Gasteiger charge is -2.27. The molecular formula is C20H20N4. The number of hydrogen-bond donors (Lipinski definition) is 0. The first kappa shape index (κ1) is 15.0. The fourth-order valence-corrected chi connectivity index (χ4v) is 3.08. The van der Waals surface area contributed by atoms with Crippen molar-refractivity contribution >= 4 is 0 Å². The van der Waals surface area contributed by atoms with Crippen molar-refractivity contribution in [2.24, 2.45) is 0 Å². The van der Waals surface area contributed by atoms with Crippen molar-refractivity contribution in [1.82, 2.24) is 19.9 Å². The number of benzene rings is 1. The molecule has 0 saturated carbocycles. The summed E-state index contributed by atoms with van der Waals surface area (Å²) in [5.41, 5.74) is 5.99. The summed E-state index contributed by atoms with van der Waals surface area (Å²) in [7, 11) is 0. The predicted molar refractivity (Wildman–Crippen MR) is 94.3 cm³/mol. The van der Waals surface area contributed by atoms with E-state index in [1.165, 1.54) is 16.7 Å². The molecule has 0 amide bonds. The maximum Gasteiger partial charge on any atom is 0.159 e. The van der Waals surface area contributed by atoms with Gasteiger partial charge in [0.2, 0.25) is 0 Å². The van der Waals surface area contributed by atoms with Crippen LogP contribution in [-0.2, 0) is 19.5 Å². The van der Waals surface area contributed by atoms with E-state index in [1.54, 1.807) is 0 Å². The molecule has 4 rings (SSSR count). The smallest absolute Gasteiger partial charge is 0.159 e. The Morgan fingerprint density at radius 1 is 1.08 bits per heavy atom. The van der Waals surface area contributed by atoms with Crippen LogP contribution in [0.5, 0.6) is 0 Å². The van der Waals surface area contributed by atoms with Crippen LogP contribution in [0.25, 0.3) is 11.4 Å². The molecule has 0 bridgehead atoms. The molecular weight excluding hydrogens is 296 g/mol. The summed E-state index contributed by atoms with van der Waals surface area (Å²) in [5, 5.41) is 0. The topological polar surface area (TPSA) is 41.9 Å². The second-order valence-electron chi connectivity index (χ2n) is 6.35. The van der Waals surface area contributed by atoms with E-state index in [4.69, 9.17) is 4.98 Å². The first-order valence-corrected chi connectivity index (χ1v) is 8.31. The van der Waals surface area contributed by atoms with E-state index in [2.05, 4.69) is 52.1 Å². The summed E-state index contributed by atoms with van der Waals surface area (Å²) in [6.45, 7) is 4.91. The lowest BCUT2D eigenvalue weighted by atomic mass is 10.1. The van der Waals surface area contributed by atoms with Gasteiger partial charge in [0.25, 0.3) is 0 Å². The molecule has 0 N–H and O–H groups in total. The van der Waals surface area contributed by atoms with Crippen molar-refractivity contribution in [2.45, 2.75) is 26.4 Å². The standard InChI is InChI=1S/C20H20N4/c1-15-4-6-17(7-5-15)20-22-12-18-8-10-24(14-19(18)23-20)13-16-3-2-9-21-11-16/h2-7,9,11-12H,8,10,13-14H2,1H3. The number of pyridine rings is 1. The van der Waals surface area contributed by atoms with Crippen LogP contribution >= 0.6 is 0 Å². The number of aromatic nitrogens is 3. The zero-order chi connectivity index (χ0) is 16.4. The Labute approximate surface area is 142 Å². The normalized spacial score (nSPS) is 14.4. The second-order valence-corrected chi connectivity index (χ2v) is 6.35. The molecule has 24 heavy (non-hydrogen) atoms. The van der Waals surface area contributed by atoms with E-state index in [9.17, 15) is 0 Å². The minimum absolute atomic E-state index is 0.817. The quantitative estimate of drug-likeness (QED) is 0.742. The van der Waals surface area contributed by atoms with Crippen molar-refractivity contribution in [3.05, 3.63) is 77.4 Å². The molecule has 3 heterocycles. The zero-order valence-electron chi connectivity index (χ0n) is 13.8. The monoisotopic (exact) mass is 316 g/mol. The number of fused-ring (bicyclic) bond motifs is 1. The van der Waals surface area contributed by atoms with Gasteiger partial charge in [0, 0.05) is 43.8 Å². The third kappa shape index (κ3) is 3.19. The van der Waals surface area contributed by atoms with Crippen LogP contribution in [0, 0.1) is 6.92 Å². The highest BCUT2D eigenvalue weighted by atomic mass is 15.1. The van der Waals surface area contributed by atoms with Crippen molar-refractivity contribution in [3.63, 3.8) is 0 Å². The molecule has 0 spiro atoms. The Bertz CT molecular complexity index is 828. The van der Waals surface area contributed by atoms with Gasteiger partial charge in [0.05, 0.1) is 5.69 Å². The molecule has 0 radical (unpaired) electrons. The highest BCUT2D eigenvalue weighted by Gasteiger charge is 2.19. The van der Waals surface area contributed by atoms with E-state index in [-0.39, 0.29) is 0 Å². The lowest BCUT2D eigenvalue weighted by molar-refractivity contribution is 0.241. The highest BCUT2D eigenvalue weighted by molar-refractivity contribution is 5.55. The van der Waals surface area contributed by atoms with Crippen LogP contribution in [0.2, 0.25) is 0 Å². The van der Waals surface area contributed by atoms with Gasteiger partial charge in [-0.05, 0) is 30.5 Å². The minimum atomic E-state index is 0.817. The molecule has 0 saturated heterocycles. The molecule has 4 heteroatoms.